The maximum atomic E-state index is 12.4. The van der Waals surface area contributed by atoms with Crippen molar-refractivity contribution in [1.82, 2.24) is 9.62 Å². The normalized spacial score (nSPS) is 20.6. The summed E-state index contributed by atoms with van der Waals surface area (Å²) in [5.41, 5.74) is 7.50. The van der Waals surface area contributed by atoms with Crippen LogP contribution in [-0.4, -0.2) is 39.5 Å². The highest BCUT2D eigenvalue weighted by Crippen LogP contribution is 2.17. The van der Waals surface area contributed by atoms with Crippen LogP contribution >= 0.6 is 0 Å². The number of likely N-dealkylation sites (N-methyl/N-ethyl adjacent to an activating group) is 1. The fourth-order valence-corrected chi connectivity index (χ4v) is 3.91. The van der Waals surface area contributed by atoms with Crippen LogP contribution < -0.4 is 10.5 Å². The van der Waals surface area contributed by atoms with Gasteiger partial charge < -0.3 is 10.6 Å². The van der Waals surface area contributed by atoms with Gasteiger partial charge in [-0.05, 0) is 56.6 Å². The van der Waals surface area contributed by atoms with E-state index in [0.717, 1.165) is 24.1 Å². The van der Waals surface area contributed by atoms with E-state index in [0.29, 0.717) is 18.0 Å². The van der Waals surface area contributed by atoms with Gasteiger partial charge in [0, 0.05) is 19.1 Å². The van der Waals surface area contributed by atoms with Crippen LogP contribution in [0.5, 0.6) is 0 Å². The number of likely N-dealkylation sites (tertiary alicyclic amines) is 1. The molecule has 21 heavy (non-hydrogen) atoms. The van der Waals surface area contributed by atoms with Gasteiger partial charge >= 0.3 is 0 Å². The minimum Gasteiger partial charge on any atom is -0.326 e. The van der Waals surface area contributed by atoms with Crippen LogP contribution in [0.3, 0.4) is 0 Å². The van der Waals surface area contributed by atoms with Crippen molar-refractivity contribution in [3.8, 4) is 0 Å². The molecule has 6 heteroatoms. The van der Waals surface area contributed by atoms with Gasteiger partial charge in [-0.25, -0.2) is 13.1 Å². The number of hydrogen-bond donors (Lipinski definition) is 2. The van der Waals surface area contributed by atoms with Gasteiger partial charge in [0.1, 0.15) is 0 Å². The number of hydrogen-bond acceptors (Lipinski definition) is 4. The molecule has 1 fully saturated rings. The molecule has 1 heterocycles. The van der Waals surface area contributed by atoms with Crippen LogP contribution in [0.15, 0.2) is 23.1 Å². The van der Waals surface area contributed by atoms with E-state index in [1.165, 1.54) is 12.8 Å². The Morgan fingerprint density at radius 1 is 1.38 bits per heavy atom. The zero-order valence-electron chi connectivity index (χ0n) is 12.8. The van der Waals surface area contributed by atoms with E-state index < -0.39 is 10.0 Å². The maximum Gasteiger partial charge on any atom is 0.240 e. The molecule has 0 amide bonds. The quantitative estimate of drug-likeness (QED) is 0.857. The lowest BCUT2D eigenvalue weighted by atomic mass is 10.0. The van der Waals surface area contributed by atoms with Gasteiger partial charge in [-0.1, -0.05) is 12.5 Å². The molecule has 1 atom stereocenters. The van der Waals surface area contributed by atoms with Gasteiger partial charge in [0.15, 0.2) is 0 Å². The second-order valence-corrected chi connectivity index (χ2v) is 7.54. The number of sulfonamides is 1. The molecule has 1 aromatic rings. The maximum absolute atomic E-state index is 12.4. The summed E-state index contributed by atoms with van der Waals surface area (Å²) in [4.78, 5) is 2.55. The van der Waals surface area contributed by atoms with Crippen molar-refractivity contribution in [2.24, 2.45) is 5.73 Å². The molecular formula is C15H25N3O2S. The lowest BCUT2D eigenvalue weighted by molar-refractivity contribution is 0.187. The van der Waals surface area contributed by atoms with Crippen LogP contribution in [-0.2, 0) is 16.6 Å². The van der Waals surface area contributed by atoms with Gasteiger partial charge in [-0.3, -0.25) is 0 Å². The Hall–Kier alpha value is -0.950. The summed E-state index contributed by atoms with van der Waals surface area (Å²) in [6.07, 6.45) is 3.41. The Kier molecular flexibility index (Phi) is 5.37. The smallest absolute Gasteiger partial charge is 0.240 e. The molecule has 1 unspecified atom stereocenters. The highest BCUT2D eigenvalue weighted by molar-refractivity contribution is 7.89. The molecule has 0 spiro atoms. The van der Waals surface area contributed by atoms with Crippen LogP contribution in [0, 0.1) is 6.92 Å². The summed E-state index contributed by atoms with van der Waals surface area (Å²) >= 11 is 0. The number of rotatable bonds is 5. The predicted octanol–water partition coefficient (Wildman–Crippen LogP) is 1.22. The zero-order valence-corrected chi connectivity index (χ0v) is 13.6. The highest BCUT2D eigenvalue weighted by atomic mass is 32.2. The molecular weight excluding hydrogens is 286 g/mol. The van der Waals surface area contributed by atoms with E-state index in [-0.39, 0.29) is 6.04 Å². The molecule has 1 aliphatic heterocycles. The summed E-state index contributed by atoms with van der Waals surface area (Å²) in [6, 6.07) is 5.39. The molecule has 0 radical (unpaired) electrons. The molecule has 0 aliphatic carbocycles. The van der Waals surface area contributed by atoms with Gasteiger partial charge in [0.05, 0.1) is 4.90 Å². The Labute approximate surface area is 127 Å². The van der Waals surface area contributed by atoms with Crippen LogP contribution in [0.1, 0.15) is 30.4 Å². The average molecular weight is 311 g/mol. The molecule has 0 bridgehead atoms. The van der Waals surface area contributed by atoms with Crippen LogP contribution in [0.25, 0.3) is 0 Å². The third-order valence-corrected chi connectivity index (χ3v) is 5.70. The molecule has 0 aromatic heterocycles. The van der Waals surface area contributed by atoms with E-state index in [1.807, 2.05) is 6.92 Å². The van der Waals surface area contributed by atoms with Crippen molar-refractivity contribution >= 4 is 10.0 Å². The highest BCUT2D eigenvalue weighted by Gasteiger charge is 2.22. The number of nitrogens with zero attached hydrogens (tertiary/aromatic N) is 1. The minimum atomic E-state index is -3.45. The predicted molar refractivity (Wildman–Crippen MR) is 84.5 cm³/mol. The minimum absolute atomic E-state index is 0.290. The number of nitrogens with two attached hydrogens (primary N) is 1. The molecule has 1 aromatic carbocycles. The van der Waals surface area contributed by atoms with E-state index >= 15 is 0 Å². The molecule has 1 saturated heterocycles. The van der Waals surface area contributed by atoms with E-state index in [2.05, 4.69) is 16.7 Å². The summed E-state index contributed by atoms with van der Waals surface area (Å²) in [5, 5.41) is 0. The van der Waals surface area contributed by atoms with Gasteiger partial charge in [0.25, 0.3) is 0 Å². The van der Waals surface area contributed by atoms with Crippen molar-refractivity contribution < 1.29 is 8.42 Å². The molecule has 118 valence electrons. The van der Waals surface area contributed by atoms with E-state index in [4.69, 9.17) is 5.73 Å². The Balaban J connectivity index is 2.06. The number of benzene rings is 1. The first-order valence-corrected chi connectivity index (χ1v) is 8.92. The van der Waals surface area contributed by atoms with E-state index in [1.54, 1.807) is 18.2 Å². The van der Waals surface area contributed by atoms with Crippen molar-refractivity contribution in [2.75, 3.05) is 20.1 Å². The molecule has 5 nitrogen and oxygen atoms in total. The number of nitrogens with one attached hydrogen (secondary N) is 1. The van der Waals surface area contributed by atoms with Crippen molar-refractivity contribution in [3.05, 3.63) is 29.3 Å². The molecule has 1 aliphatic rings. The molecule has 2 rings (SSSR count). The monoisotopic (exact) mass is 311 g/mol. The first-order valence-electron chi connectivity index (χ1n) is 7.43. The van der Waals surface area contributed by atoms with Crippen molar-refractivity contribution in [1.29, 1.82) is 0 Å². The fourth-order valence-electron chi connectivity index (χ4n) is 2.76. The van der Waals surface area contributed by atoms with Gasteiger partial charge in [-0.15, -0.1) is 0 Å². The third kappa shape index (κ3) is 4.03. The molecule has 3 N–H and O–H groups in total. The average Bonchev–Trinajstić information content (AvgIpc) is 2.46. The van der Waals surface area contributed by atoms with Crippen LogP contribution in [0.4, 0.5) is 0 Å². The summed E-state index contributed by atoms with van der Waals surface area (Å²) in [5.74, 6) is 0. The SMILES string of the molecule is Cc1cc(S(=O)(=O)NCC2CCCCN2C)ccc1CN. The van der Waals surface area contributed by atoms with Gasteiger partial charge in [-0.2, -0.15) is 0 Å². The summed E-state index contributed by atoms with van der Waals surface area (Å²) in [6.45, 7) is 3.82. The lowest BCUT2D eigenvalue weighted by Gasteiger charge is -2.32. The Morgan fingerprint density at radius 3 is 2.76 bits per heavy atom. The second-order valence-electron chi connectivity index (χ2n) is 5.77. The van der Waals surface area contributed by atoms with Crippen molar-refractivity contribution in [2.45, 2.75) is 43.7 Å². The summed E-state index contributed by atoms with van der Waals surface area (Å²) in [7, 11) is -1.39. The fraction of sp³-hybridized carbons (Fsp3) is 0.600. The topological polar surface area (TPSA) is 75.4 Å². The largest absolute Gasteiger partial charge is 0.326 e. The van der Waals surface area contributed by atoms with Crippen LogP contribution in [0.2, 0.25) is 0 Å². The van der Waals surface area contributed by atoms with Crippen molar-refractivity contribution in [3.63, 3.8) is 0 Å². The first kappa shape index (κ1) is 16.4. The van der Waals surface area contributed by atoms with Gasteiger partial charge in [0.2, 0.25) is 10.0 Å². The molecule has 0 saturated carbocycles. The number of aryl methyl sites for hydroxylation is 1. The second kappa shape index (κ2) is 6.87. The lowest BCUT2D eigenvalue weighted by Crippen LogP contribution is -2.44. The van der Waals surface area contributed by atoms with E-state index in [9.17, 15) is 8.42 Å². The number of piperidine rings is 1. The standard InChI is InChI=1S/C15H25N3O2S/c1-12-9-15(7-6-13(12)10-16)21(19,20)17-11-14-5-3-4-8-18(14)2/h6-7,9,14,17H,3-5,8,10-11,16H2,1-2H3. The first-order chi connectivity index (χ1) is 9.94. The third-order valence-electron chi connectivity index (χ3n) is 4.27. The Bertz CT molecular complexity index is 587. The summed E-state index contributed by atoms with van der Waals surface area (Å²) < 4.78 is 27.5. The Morgan fingerprint density at radius 2 is 2.14 bits per heavy atom. The zero-order chi connectivity index (χ0) is 15.5.